The van der Waals surface area contributed by atoms with Crippen molar-refractivity contribution in [3.8, 4) is 28.5 Å². The summed E-state index contributed by atoms with van der Waals surface area (Å²) in [6, 6.07) is 18.8. The van der Waals surface area contributed by atoms with Crippen LogP contribution in [-0.2, 0) is 17.8 Å². The Labute approximate surface area is 190 Å². The molecule has 4 rings (SSSR count). The number of carboxylic acids is 1. The average Bonchev–Trinajstić information content (AvgIpc) is 3.17. The quantitative estimate of drug-likeness (QED) is 0.358. The lowest BCUT2D eigenvalue weighted by atomic mass is 10.0. The summed E-state index contributed by atoms with van der Waals surface area (Å²) in [6.45, 7) is 0.346. The Kier molecular flexibility index (Phi) is 6.23. The molecule has 0 aliphatic carbocycles. The first-order valence-corrected chi connectivity index (χ1v) is 10.3. The van der Waals surface area contributed by atoms with Crippen LogP contribution in [0.3, 0.4) is 0 Å². The van der Waals surface area contributed by atoms with Gasteiger partial charge in [-0.3, -0.25) is 4.79 Å². The number of H-pyrrole nitrogens is 1. The van der Waals surface area contributed by atoms with Crippen molar-refractivity contribution in [1.29, 1.82) is 0 Å². The van der Waals surface area contributed by atoms with Crippen LogP contribution in [0.1, 0.15) is 11.1 Å². The SMILES string of the molecule is COc1cc(-c2[nH]c3c(Cl)cccc3c2CC(=O)O)cc(OC)c1OCc1ccccc1. The van der Waals surface area contributed by atoms with Crippen LogP contribution in [0.5, 0.6) is 17.2 Å². The molecule has 0 amide bonds. The Morgan fingerprint density at radius 2 is 1.69 bits per heavy atom. The van der Waals surface area contributed by atoms with Crippen LogP contribution in [0.2, 0.25) is 5.02 Å². The van der Waals surface area contributed by atoms with Gasteiger partial charge in [-0.25, -0.2) is 0 Å². The molecule has 164 valence electrons. The summed E-state index contributed by atoms with van der Waals surface area (Å²) < 4.78 is 17.2. The normalized spacial score (nSPS) is 10.8. The van der Waals surface area contributed by atoms with Crippen molar-refractivity contribution in [2.24, 2.45) is 0 Å². The van der Waals surface area contributed by atoms with Crippen LogP contribution >= 0.6 is 11.6 Å². The van der Waals surface area contributed by atoms with E-state index in [0.717, 1.165) is 10.9 Å². The number of nitrogens with one attached hydrogen (secondary N) is 1. The number of halogens is 1. The number of aromatic amines is 1. The van der Waals surface area contributed by atoms with Gasteiger partial charge in [-0.15, -0.1) is 0 Å². The van der Waals surface area contributed by atoms with E-state index >= 15 is 0 Å². The van der Waals surface area contributed by atoms with Crippen molar-refractivity contribution >= 4 is 28.5 Å². The molecular formula is C25H22ClNO5. The molecule has 0 unspecified atom stereocenters. The number of benzene rings is 3. The molecule has 1 aromatic heterocycles. The number of carboxylic acid groups (broad SMARTS) is 1. The molecule has 4 aromatic rings. The van der Waals surface area contributed by atoms with Gasteiger partial charge in [-0.1, -0.05) is 54.1 Å². The number of hydrogen-bond acceptors (Lipinski definition) is 4. The third-order valence-corrected chi connectivity index (χ3v) is 5.51. The summed E-state index contributed by atoms with van der Waals surface area (Å²) >= 11 is 6.36. The topological polar surface area (TPSA) is 80.8 Å². The van der Waals surface area contributed by atoms with Gasteiger partial charge in [0.2, 0.25) is 5.75 Å². The van der Waals surface area contributed by atoms with Gasteiger partial charge in [-0.2, -0.15) is 0 Å². The lowest BCUT2D eigenvalue weighted by Crippen LogP contribution is -2.02. The zero-order valence-electron chi connectivity index (χ0n) is 17.6. The molecule has 0 atom stereocenters. The smallest absolute Gasteiger partial charge is 0.307 e. The molecular weight excluding hydrogens is 430 g/mol. The molecule has 0 saturated heterocycles. The highest BCUT2D eigenvalue weighted by atomic mass is 35.5. The monoisotopic (exact) mass is 451 g/mol. The molecule has 0 aliphatic heterocycles. The van der Waals surface area contributed by atoms with Crippen molar-refractivity contribution in [3.05, 3.63) is 76.8 Å². The molecule has 0 radical (unpaired) electrons. The Bertz CT molecular complexity index is 1240. The number of fused-ring (bicyclic) bond motifs is 1. The van der Waals surface area contributed by atoms with Gasteiger partial charge < -0.3 is 24.3 Å². The van der Waals surface area contributed by atoms with E-state index in [1.54, 1.807) is 38.5 Å². The third-order valence-electron chi connectivity index (χ3n) is 5.19. The summed E-state index contributed by atoms with van der Waals surface area (Å²) in [5.41, 5.74) is 3.67. The van der Waals surface area contributed by atoms with E-state index in [0.29, 0.717) is 51.2 Å². The van der Waals surface area contributed by atoms with E-state index in [1.165, 1.54) is 0 Å². The number of ether oxygens (including phenoxy) is 3. The van der Waals surface area contributed by atoms with Gasteiger partial charge >= 0.3 is 5.97 Å². The maximum atomic E-state index is 11.6. The molecule has 1 heterocycles. The standard InChI is InChI=1S/C25H22ClNO5/c1-30-20-11-16(12-21(31-2)25(20)32-14-15-7-4-3-5-8-15)23-18(13-22(28)29)17-9-6-10-19(26)24(17)27-23/h3-12,27H,13-14H2,1-2H3,(H,28,29). The number of methoxy groups -OCH3 is 2. The highest BCUT2D eigenvalue weighted by molar-refractivity contribution is 6.35. The maximum Gasteiger partial charge on any atom is 0.307 e. The molecule has 0 aliphatic rings. The van der Waals surface area contributed by atoms with E-state index in [1.807, 2.05) is 36.4 Å². The van der Waals surface area contributed by atoms with Crippen LogP contribution in [0, 0.1) is 0 Å². The number of para-hydroxylation sites is 1. The fourth-order valence-electron chi connectivity index (χ4n) is 3.72. The van der Waals surface area contributed by atoms with E-state index in [-0.39, 0.29) is 6.42 Å². The predicted octanol–water partition coefficient (Wildman–Crippen LogP) is 5.71. The van der Waals surface area contributed by atoms with Gasteiger partial charge in [0, 0.05) is 10.9 Å². The van der Waals surface area contributed by atoms with E-state index < -0.39 is 5.97 Å². The van der Waals surface area contributed by atoms with Crippen LogP contribution in [0.25, 0.3) is 22.2 Å². The third kappa shape index (κ3) is 4.22. The second-order valence-corrected chi connectivity index (χ2v) is 7.60. The second kappa shape index (κ2) is 9.24. The van der Waals surface area contributed by atoms with Gasteiger partial charge in [-0.05, 0) is 29.3 Å². The predicted molar refractivity (Wildman–Crippen MR) is 124 cm³/mol. The van der Waals surface area contributed by atoms with Crippen LogP contribution in [-0.4, -0.2) is 30.3 Å². The van der Waals surface area contributed by atoms with Crippen molar-refractivity contribution in [2.45, 2.75) is 13.0 Å². The first-order valence-electron chi connectivity index (χ1n) is 9.95. The highest BCUT2D eigenvalue weighted by Gasteiger charge is 2.21. The number of rotatable bonds is 8. The second-order valence-electron chi connectivity index (χ2n) is 7.20. The lowest BCUT2D eigenvalue weighted by Gasteiger charge is -2.16. The fraction of sp³-hybridized carbons (Fsp3) is 0.160. The minimum atomic E-state index is -0.936. The van der Waals surface area contributed by atoms with Crippen molar-refractivity contribution in [1.82, 2.24) is 4.98 Å². The number of carbonyl (C=O) groups is 1. The van der Waals surface area contributed by atoms with Crippen LogP contribution in [0.4, 0.5) is 0 Å². The molecule has 7 heteroatoms. The Morgan fingerprint density at radius 1 is 1.00 bits per heavy atom. The molecule has 0 fully saturated rings. The number of aliphatic carboxylic acids is 1. The summed E-state index contributed by atoms with van der Waals surface area (Å²) in [4.78, 5) is 14.9. The zero-order valence-corrected chi connectivity index (χ0v) is 18.4. The van der Waals surface area contributed by atoms with Crippen molar-refractivity contribution in [3.63, 3.8) is 0 Å². The number of aromatic nitrogens is 1. The summed E-state index contributed by atoms with van der Waals surface area (Å²) in [7, 11) is 3.10. The minimum absolute atomic E-state index is 0.160. The first kappa shape index (κ1) is 21.6. The molecule has 0 saturated carbocycles. The fourth-order valence-corrected chi connectivity index (χ4v) is 3.94. The first-order chi connectivity index (χ1) is 15.5. The van der Waals surface area contributed by atoms with Crippen molar-refractivity contribution < 1.29 is 24.1 Å². The van der Waals surface area contributed by atoms with Crippen LogP contribution in [0.15, 0.2) is 60.7 Å². The van der Waals surface area contributed by atoms with Gasteiger partial charge in [0.1, 0.15) is 6.61 Å². The number of hydrogen-bond donors (Lipinski definition) is 2. The minimum Gasteiger partial charge on any atom is -0.493 e. The Morgan fingerprint density at radius 3 is 2.31 bits per heavy atom. The molecule has 32 heavy (non-hydrogen) atoms. The van der Waals surface area contributed by atoms with E-state index in [4.69, 9.17) is 25.8 Å². The Balaban J connectivity index is 1.81. The van der Waals surface area contributed by atoms with Crippen molar-refractivity contribution in [2.75, 3.05) is 14.2 Å². The van der Waals surface area contributed by atoms with Gasteiger partial charge in [0.25, 0.3) is 0 Å². The molecule has 2 N–H and O–H groups in total. The van der Waals surface area contributed by atoms with Gasteiger partial charge in [0.05, 0.1) is 36.9 Å². The van der Waals surface area contributed by atoms with Gasteiger partial charge in [0.15, 0.2) is 11.5 Å². The summed E-state index contributed by atoms with van der Waals surface area (Å²) in [5, 5.41) is 10.8. The molecule has 0 spiro atoms. The van der Waals surface area contributed by atoms with E-state index in [2.05, 4.69) is 4.98 Å². The zero-order chi connectivity index (χ0) is 22.7. The Hall–Kier alpha value is -3.64. The molecule has 0 bridgehead atoms. The molecule has 6 nitrogen and oxygen atoms in total. The lowest BCUT2D eigenvalue weighted by molar-refractivity contribution is -0.136. The summed E-state index contributed by atoms with van der Waals surface area (Å²) in [6.07, 6.45) is -0.160. The summed E-state index contributed by atoms with van der Waals surface area (Å²) in [5.74, 6) is 0.480. The maximum absolute atomic E-state index is 11.6. The largest absolute Gasteiger partial charge is 0.493 e. The highest BCUT2D eigenvalue weighted by Crippen LogP contribution is 2.43. The van der Waals surface area contributed by atoms with Crippen LogP contribution < -0.4 is 14.2 Å². The van der Waals surface area contributed by atoms with E-state index in [9.17, 15) is 9.90 Å². The average molecular weight is 452 g/mol. The molecule has 3 aromatic carbocycles.